The van der Waals surface area contributed by atoms with Crippen LogP contribution in [0.1, 0.15) is 43.9 Å². The van der Waals surface area contributed by atoms with Crippen molar-refractivity contribution in [3.05, 3.63) is 53.7 Å². The molecule has 1 aromatic carbocycles. The average molecular weight is 355 g/mol. The minimum atomic E-state index is -0.171. The van der Waals surface area contributed by atoms with Crippen molar-refractivity contribution in [2.24, 2.45) is 0 Å². The highest BCUT2D eigenvalue weighted by Gasteiger charge is 2.14. The molecular formula is C21H29N3O2. The van der Waals surface area contributed by atoms with Gasteiger partial charge in [0.2, 0.25) is 5.91 Å². The molecule has 0 saturated carbocycles. The largest absolute Gasteiger partial charge is 0.508 e. The third kappa shape index (κ3) is 5.76. The first-order chi connectivity index (χ1) is 12.5. The Balaban J connectivity index is 0.000000189. The first-order valence-corrected chi connectivity index (χ1v) is 9.26. The Kier molecular flexibility index (Phi) is 7.45. The fraction of sp³-hybridized carbons (Fsp3) is 0.429. The lowest BCUT2D eigenvalue weighted by atomic mass is 10.0. The van der Waals surface area contributed by atoms with Crippen LogP contribution in [0.15, 0.2) is 42.5 Å². The summed E-state index contributed by atoms with van der Waals surface area (Å²) in [6.45, 7) is 8.77. The van der Waals surface area contributed by atoms with Gasteiger partial charge in [-0.3, -0.25) is 4.79 Å². The van der Waals surface area contributed by atoms with E-state index in [-0.39, 0.29) is 17.6 Å². The minimum Gasteiger partial charge on any atom is -0.508 e. The molecule has 1 saturated heterocycles. The van der Waals surface area contributed by atoms with Gasteiger partial charge in [-0.1, -0.05) is 18.2 Å². The number of phenolic OH excluding ortho intramolecular Hbond substituents is 1. The second kappa shape index (κ2) is 9.80. The van der Waals surface area contributed by atoms with Crippen LogP contribution < -0.4 is 10.2 Å². The first kappa shape index (κ1) is 19.8. The van der Waals surface area contributed by atoms with Crippen molar-refractivity contribution >= 4 is 11.7 Å². The highest BCUT2D eigenvalue weighted by atomic mass is 16.3. The number of aromatic nitrogens is 1. The number of hydrogen-bond acceptors (Lipinski definition) is 4. The van der Waals surface area contributed by atoms with E-state index in [1.165, 1.54) is 25.9 Å². The number of nitrogens with one attached hydrogen (secondary N) is 1. The molecular weight excluding hydrogens is 326 g/mol. The maximum Gasteiger partial charge on any atom is 0.227 e. The quantitative estimate of drug-likeness (QED) is 0.879. The van der Waals surface area contributed by atoms with Gasteiger partial charge in [-0.2, -0.15) is 0 Å². The Bertz CT molecular complexity index is 695. The fourth-order valence-electron chi connectivity index (χ4n) is 2.89. The third-order valence-corrected chi connectivity index (χ3v) is 4.44. The van der Waals surface area contributed by atoms with Gasteiger partial charge in [0.05, 0.1) is 5.92 Å². The number of pyridine rings is 1. The second-order valence-electron chi connectivity index (χ2n) is 6.54. The fourth-order valence-corrected chi connectivity index (χ4v) is 2.89. The van der Waals surface area contributed by atoms with Crippen LogP contribution in [0.25, 0.3) is 0 Å². The van der Waals surface area contributed by atoms with Crippen molar-refractivity contribution in [2.45, 2.75) is 39.5 Å². The lowest BCUT2D eigenvalue weighted by molar-refractivity contribution is -0.122. The smallest absolute Gasteiger partial charge is 0.227 e. The van der Waals surface area contributed by atoms with Crippen LogP contribution in [0.3, 0.4) is 0 Å². The molecule has 2 aromatic rings. The number of aryl methyl sites for hydroxylation is 1. The standard InChI is InChI=1S/C11H15NO2.C10H14N2/c1-3-12-11(14)8(2)9-4-6-10(13)7-5-9;1-9-5-4-6-10(11-9)12-7-2-3-8-12/h4-8,13H,3H2,1-2H3,(H,12,14);4-6H,2-3,7-8H2,1H3. The summed E-state index contributed by atoms with van der Waals surface area (Å²) in [5, 5.41) is 11.8. The summed E-state index contributed by atoms with van der Waals surface area (Å²) in [7, 11) is 0. The van der Waals surface area contributed by atoms with Gasteiger partial charge in [-0.05, 0) is 63.4 Å². The molecule has 2 heterocycles. The van der Waals surface area contributed by atoms with E-state index in [4.69, 9.17) is 5.11 Å². The van der Waals surface area contributed by atoms with E-state index in [0.717, 1.165) is 17.1 Å². The third-order valence-electron chi connectivity index (χ3n) is 4.44. The van der Waals surface area contributed by atoms with Crippen molar-refractivity contribution in [1.29, 1.82) is 0 Å². The number of carbonyl (C=O) groups is 1. The first-order valence-electron chi connectivity index (χ1n) is 9.26. The van der Waals surface area contributed by atoms with Gasteiger partial charge in [0.1, 0.15) is 11.6 Å². The van der Waals surface area contributed by atoms with E-state index in [1.54, 1.807) is 24.3 Å². The molecule has 0 bridgehead atoms. The maximum atomic E-state index is 11.5. The number of rotatable bonds is 4. The topological polar surface area (TPSA) is 65.5 Å². The van der Waals surface area contributed by atoms with Gasteiger partial charge in [0.25, 0.3) is 0 Å². The number of amides is 1. The summed E-state index contributed by atoms with van der Waals surface area (Å²) in [5.41, 5.74) is 2.02. The molecule has 0 radical (unpaired) electrons. The number of nitrogens with zero attached hydrogens (tertiary/aromatic N) is 2. The Hall–Kier alpha value is -2.56. The SMILES string of the molecule is CCNC(=O)C(C)c1ccc(O)cc1.Cc1cccc(N2CCCC2)n1. The molecule has 1 amide bonds. The second-order valence-corrected chi connectivity index (χ2v) is 6.54. The molecule has 26 heavy (non-hydrogen) atoms. The van der Waals surface area contributed by atoms with Crippen LogP contribution in [0.2, 0.25) is 0 Å². The average Bonchev–Trinajstić information content (AvgIpc) is 3.17. The zero-order chi connectivity index (χ0) is 18.9. The number of aromatic hydroxyl groups is 1. The Morgan fingerprint density at radius 3 is 2.42 bits per heavy atom. The molecule has 1 unspecified atom stereocenters. The van der Waals surface area contributed by atoms with Gasteiger partial charge < -0.3 is 15.3 Å². The zero-order valence-corrected chi connectivity index (χ0v) is 15.9. The van der Waals surface area contributed by atoms with Crippen LogP contribution in [0.4, 0.5) is 5.82 Å². The number of benzene rings is 1. The van der Waals surface area contributed by atoms with Gasteiger partial charge in [0.15, 0.2) is 0 Å². The molecule has 1 atom stereocenters. The summed E-state index contributed by atoms with van der Waals surface area (Å²) >= 11 is 0. The number of hydrogen-bond donors (Lipinski definition) is 2. The van der Waals surface area contributed by atoms with Gasteiger partial charge in [-0.15, -0.1) is 0 Å². The van der Waals surface area contributed by atoms with Crippen LogP contribution >= 0.6 is 0 Å². The van der Waals surface area contributed by atoms with Crippen molar-refractivity contribution < 1.29 is 9.90 Å². The Morgan fingerprint density at radius 2 is 1.85 bits per heavy atom. The van der Waals surface area contributed by atoms with E-state index in [9.17, 15) is 4.79 Å². The Morgan fingerprint density at radius 1 is 1.19 bits per heavy atom. The zero-order valence-electron chi connectivity index (χ0n) is 15.9. The van der Waals surface area contributed by atoms with Crippen molar-refractivity contribution in [3.63, 3.8) is 0 Å². The highest BCUT2D eigenvalue weighted by molar-refractivity contribution is 5.83. The van der Waals surface area contributed by atoms with E-state index >= 15 is 0 Å². The van der Waals surface area contributed by atoms with Crippen molar-refractivity contribution in [3.8, 4) is 5.75 Å². The summed E-state index contributed by atoms with van der Waals surface area (Å²) in [6, 6.07) is 12.9. The van der Waals surface area contributed by atoms with Crippen molar-refractivity contribution in [1.82, 2.24) is 10.3 Å². The molecule has 1 fully saturated rings. The summed E-state index contributed by atoms with van der Waals surface area (Å²) in [5.74, 6) is 1.21. The molecule has 1 aliphatic heterocycles. The molecule has 140 valence electrons. The predicted octanol–water partition coefficient (Wildman–Crippen LogP) is 3.62. The highest BCUT2D eigenvalue weighted by Crippen LogP contribution is 2.18. The number of phenols is 1. The molecule has 3 rings (SSSR count). The summed E-state index contributed by atoms with van der Waals surface area (Å²) in [4.78, 5) is 18.3. The molecule has 0 spiro atoms. The van der Waals surface area contributed by atoms with E-state index < -0.39 is 0 Å². The minimum absolute atomic E-state index is 0.0122. The lowest BCUT2D eigenvalue weighted by Gasteiger charge is -2.15. The predicted molar refractivity (Wildman–Crippen MR) is 106 cm³/mol. The van der Waals surface area contributed by atoms with Gasteiger partial charge in [0, 0.05) is 25.3 Å². The lowest BCUT2D eigenvalue weighted by Crippen LogP contribution is -2.27. The monoisotopic (exact) mass is 355 g/mol. The van der Waals surface area contributed by atoms with E-state index in [1.807, 2.05) is 26.8 Å². The summed E-state index contributed by atoms with van der Waals surface area (Å²) in [6.07, 6.45) is 2.63. The summed E-state index contributed by atoms with van der Waals surface area (Å²) < 4.78 is 0. The van der Waals surface area contributed by atoms with Crippen LogP contribution in [0, 0.1) is 6.92 Å². The van der Waals surface area contributed by atoms with Crippen LogP contribution in [-0.4, -0.2) is 35.6 Å². The van der Waals surface area contributed by atoms with Crippen molar-refractivity contribution in [2.75, 3.05) is 24.5 Å². The normalized spacial score (nSPS) is 14.3. The molecule has 5 heteroatoms. The van der Waals surface area contributed by atoms with Crippen LogP contribution in [-0.2, 0) is 4.79 Å². The molecule has 1 aliphatic rings. The molecule has 0 aliphatic carbocycles. The van der Waals surface area contributed by atoms with Gasteiger partial charge in [-0.25, -0.2) is 4.98 Å². The van der Waals surface area contributed by atoms with E-state index in [0.29, 0.717) is 6.54 Å². The number of carbonyl (C=O) groups excluding carboxylic acids is 1. The number of likely N-dealkylation sites (N-methyl/N-ethyl adjacent to an activating group) is 1. The molecule has 2 N–H and O–H groups in total. The van der Waals surface area contributed by atoms with Gasteiger partial charge >= 0.3 is 0 Å². The molecule has 5 nitrogen and oxygen atoms in total. The number of anilines is 1. The van der Waals surface area contributed by atoms with Crippen LogP contribution in [0.5, 0.6) is 5.75 Å². The molecule has 1 aromatic heterocycles. The van der Waals surface area contributed by atoms with E-state index in [2.05, 4.69) is 27.3 Å². The maximum absolute atomic E-state index is 11.5. The Labute approximate surface area is 156 Å².